The van der Waals surface area contributed by atoms with Gasteiger partial charge in [0.05, 0.1) is 25.9 Å². The zero-order valence-electron chi connectivity index (χ0n) is 14.9. The van der Waals surface area contributed by atoms with E-state index in [1.807, 2.05) is 12.1 Å². The van der Waals surface area contributed by atoms with E-state index in [1.54, 1.807) is 18.4 Å². The summed E-state index contributed by atoms with van der Waals surface area (Å²) >= 11 is 5.37. The van der Waals surface area contributed by atoms with E-state index in [0.717, 1.165) is 18.8 Å². The molecule has 3 N–H and O–H groups in total. The van der Waals surface area contributed by atoms with Crippen LogP contribution >= 0.6 is 12.2 Å². The molecule has 1 aromatic heterocycles. The minimum Gasteiger partial charge on any atom is -0.463 e. The number of rotatable bonds is 7. The smallest absolute Gasteiger partial charge is 0.387 e. The number of alkyl halides is 2. The summed E-state index contributed by atoms with van der Waals surface area (Å²) in [6.45, 7) is 0.0706. The Kier molecular flexibility index (Phi) is 7.00. The van der Waals surface area contributed by atoms with Gasteiger partial charge in [-0.3, -0.25) is 0 Å². The first-order chi connectivity index (χ1) is 13.1. The highest BCUT2D eigenvalue weighted by atomic mass is 32.1. The van der Waals surface area contributed by atoms with Crippen LogP contribution in [0.1, 0.15) is 31.1 Å². The van der Waals surface area contributed by atoms with Crippen LogP contribution in [-0.4, -0.2) is 31.4 Å². The Balaban J connectivity index is 1.54. The molecule has 3 rings (SSSR count). The van der Waals surface area contributed by atoms with Gasteiger partial charge in [0.15, 0.2) is 16.9 Å². The van der Waals surface area contributed by atoms with Crippen LogP contribution in [0.3, 0.4) is 0 Å². The number of benzene rings is 1. The number of nitrogens with one attached hydrogen (secondary N) is 3. The first-order valence-corrected chi connectivity index (χ1v) is 9.50. The lowest BCUT2D eigenvalue weighted by Crippen LogP contribution is -3.13. The molecule has 0 aliphatic carbocycles. The third-order valence-corrected chi connectivity index (χ3v) is 4.93. The fourth-order valence-corrected chi connectivity index (χ4v) is 3.58. The van der Waals surface area contributed by atoms with E-state index in [9.17, 15) is 8.78 Å². The maximum atomic E-state index is 12.2. The number of ether oxygens (including phenoxy) is 1. The van der Waals surface area contributed by atoms with Crippen LogP contribution in [0.2, 0.25) is 0 Å². The number of likely N-dealkylation sites (tertiary alicyclic amines) is 1. The second kappa shape index (κ2) is 9.66. The van der Waals surface area contributed by atoms with E-state index < -0.39 is 6.61 Å². The van der Waals surface area contributed by atoms with Crippen LogP contribution in [-0.2, 0) is 0 Å². The van der Waals surface area contributed by atoms with Gasteiger partial charge in [-0.2, -0.15) is 8.78 Å². The van der Waals surface area contributed by atoms with Gasteiger partial charge < -0.3 is 24.7 Å². The summed E-state index contributed by atoms with van der Waals surface area (Å²) in [6, 6.07) is 10.3. The van der Waals surface area contributed by atoms with E-state index in [2.05, 4.69) is 15.4 Å². The Bertz CT molecular complexity index is 704. The summed E-state index contributed by atoms with van der Waals surface area (Å²) in [6.07, 6.45) is 5.43. The summed E-state index contributed by atoms with van der Waals surface area (Å²) < 4.78 is 34.4. The fourth-order valence-electron chi connectivity index (χ4n) is 3.38. The number of thiocarbonyl (C=S) groups is 1. The zero-order chi connectivity index (χ0) is 19.1. The molecule has 8 heteroatoms. The highest BCUT2D eigenvalue weighted by Crippen LogP contribution is 2.18. The SMILES string of the molecule is FC(F)Oc1ccc(NC(=S)NC[C@H](c2ccco2)[NH+]2CCCCC2)cc1. The van der Waals surface area contributed by atoms with Crippen LogP contribution in [0.25, 0.3) is 0 Å². The lowest BCUT2D eigenvalue weighted by Gasteiger charge is -2.30. The molecule has 1 aliphatic heterocycles. The standard InChI is InChI=1S/C19H23F2N3O2S/c20-18(21)26-15-8-6-14(7-9-15)23-19(27)22-13-16(17-5-4-12-25-17)24-10-2-1-3-11-24/h4-9,12,16,18H,1-3,10-11,13H2,(H2,22,23,27)/p+1/t16-/m1/s1. The molecule has 1 aliphatic rings. The minimum absolute atomic E-state index is 0.112. The van der Waals surface area contributed by atoms with Crippen molar-refractivity contribution >= 4 is 23.0 Å². The van der Waals surface area contributed by atoms with Gasteiger partial charge in [0, 0.05) is 5.69 Å². The van der Waals surface area contributed by atoms with Crippen LogP contribution < -0.4 is 20.3 Å². The number of hydrogen-bond donors (Lipinski definition) is 3. The van der Waals surface area contributed by atoms with Crippen molar-refractivity contribution in [2.45, 2.75) is 31.9 Å². The topological polar surface area (TPSA) is 50.9 Å². The van der Waals surface area contributed by atoms with Gasteiger partial charge in [0.1, 0.15) is 5.75 Å². The average molecular weight is 396 g/mol. The molecule has 0 radical (unpaired) electrons. The van der Waals surface area contributed by atoms with Crippen molar-refractivity contribution in [1.82, 2.24) is 5.32 Å². The zero-order valence-corrected chi connectivity index (χ0v) is 15.7. The van der Waals surface area contributed by atoms with Crippen molar-refractivity contribution in [3.05, 3.63) is 48.4 Å². The maximum Gasteiger partial charge on any atom is 0.387 e. The summed E-state index contributed by atoms with van der Waals surface area (Å²) in [7, 11) is 0. The van der Waals surface area contributed by atoms with Crippen LogP contribution in [0.4, 0.5) is 14.5 Å². The number of halogens is 2. The molecule has 1 aromatic carbocycles. The number of piperidine rings is 1. The molecule has 2 aromatic rings. The molecule has 0 spiro atoms. The van der Waals surface area contributed by atoms with Crippen molar-refractivity contribution in [2.24, 2.45) is 0 Å². The quantitative estimate of drug-likeness (QED) is 0.629. The van der Waals surface area contributed by atoms with Crippen molar-refractivity contribution < 1.29 is 22.8 Å². The third-order valence-electron chi connectivity index (χ3n) is 4.68. The monoisotopic (exact) mass is 396 g/mol. The van der Waals surface area contributed by atoms with E-state index in [0.29, 0.717) is 17.3 Å². The van der Waals surface area contributed by atoms with Crippen molar-refractivity contribution in [2.75, 3.05) is 25.0 Å². The van der Waals surface area contributed by atoms with Crippen LogP contribution in [0.15, 0.2) is 47.1 Å². The lowest BCUT2D eigenvalue weighted by atomic mass is 10.1. The Hall–Kier alpha value is -2.19. The molecular formula is C19H24F2N3O2S+. The summed E-state index contributed by atoms with van der Waals surface area (Å²) in [5, 5.41) is 6.79. The lowest BCUT2D eigenvalue weighted by molar-refractivity contribution is -0.936. The van der Waals surface area contributed by atoms with Crippen LogP contribution in [0.5, 0.6) is 5.75 Å². The van der Waals surface area contributed by atoms with Gasteiger partial charge in [0.25, 0.3) is 0 Å². The molecule has 1 atom stereocenters. The van der Waals surface area contributed by atoms with E-state index in [1.165, 1.54) is 36.3 Å². The molecule has 0 amide bonds. The summed E-state index contributed by atoms with van der Waals surface area (Å²) in [5.74, 6) is 1.07. The van der Waals surface area contributed by atoms with E-state index in [4.69, 9.17) is 16.6 Å². The van der Waals surface area contributed by atoms with Crippen molar-refractivity contribution in [3.8, 4) is 5.75 Å². The van der Waals surface area contributed by atoms with Crippen molar-refractivity contribution in [1.29, 1.82) is 0 Å². The molecule has 146 valence electrons. The largest absolute Gasteiger partial charge is 0.463 e. The Morgan fingerprint density at radius 3 is 2.52 bits per heavy atom. The Labute approximate surface area is 162 Å². The normalized spacial score (nSPS) is 16.1. The van der Waals surface area contributed by atoms with E-state index >= 15 is 0 Å². The summed E-state index contributed by atoms with van der Waals surface area (Å²) in [5.41, 5.74) is 0.703. The first-order valence-electron chi connectivity index (χ1n) is 9.09. The molecule has 1 saturated heterocycles. The highest BCUT2D eigenvalue weighted by Gasteiger charge is 2.28. The minimum atomic E-state index is -2.83. The van der Waals surface area contributed by atoms with Gasteiger partial charge >= 0.3 is 6.61 Å². The predicted molar refractivity (Wildman–Crippen MR) is 103 cm³/mol. The molecule has 1 fully saturated rings. The fraction of sp³-hybridized carbons (Fsp3) is 0.421. The first kappa shape index (κ1) is 19.6. The molecule has 27 heavy (non-hydrogen) atoms. The third kappa shape index (κ3) is 5.90. The van der Waals surface area contributed by atoms with Crippen LogP contribution in [0, 0.1) is 0 Å². The van der Waals surface area contributed by atoms with Gasteiger partial charge in [-0.1, -0.05) is 0 Å². The van der Waals surface area contributed by atoms with Crippen molar-refractivity contribution in [3.63, 3.8) is 0 Å². The van der Waals surface area contributed by atoms with Gasteiger partial charge in [-0.05, 0) is 67.9 Å². The maximum absolute atomic E-state index is 12.2. The highest BCUT2D eigenvalue weighted by molar-refractivity contribution is 7.80. The molecule has 5 nitrogen and oxygen atoms in total. The number of anilines is 1. The second-order valence-electron chi connectivity index (χ2n) is 6.52. The molecule has 2 heterocycles. The van der Waals surface area contributed by atoms with Gasteiger partial charge in [0.2, 0.25) is 0 Å². The van der Waals surface area contributed by atoms with Gasteiger partial charge in [-0.15, -0.1) is 0 Å². The molecule has 0 bridgehead atoms. The van der Waals surface area contributed by atoms with E-state index in [-0.39, 0.29) is 11.8 Å². The summed E-state index contributed by atoms with van der Waals surface area (Å²) in [4.78, 5) is 1.50. The Morgan fingerprint density at radius 2 is 1.89 bits per heavy atom. The average Bonchev–Trinajstić information content (AvgIpc) is 3.18. The molecule has 0 unspecified atom stereocenters. The molecule has 0 saturated carbocycles. The Morgan fingerprint density at radius 1 is 1.15 bits per heavy atom. The number of hydrogen-bond acceptors (Lipinski definition) is 3. The predicted octanol–water partition coefficient (Wildman–Crippen LogP) is 2.98. The second-order valence-corrected chi connectivity index (χ2v) is 6.93. The number of furan rings is 1. The van der Waals surface area contributed by atoms with Gasteiger partial charge in [-0.25, -0.2) is 0 Å². The number of quaternary nitrogens is 1. The molecular weight excluding hydrogens is 372 g/mol.